The van der Waals surface area contributed by atoms with Gasteiger partial charge >= 0.3 is 0 Å². The normalized spacial score (nSPS) is 57.2. The maximum Gasteiger partial charge on any atom is 0.0622 e. The molecular weight excluding hydrogens is 388 g/mol. The minimum atomic E-state index is -0.521. The van der Waals surface area contributed by atoms with Gasteiger partial charge in [0.25, 0.3) is 0 Å². The molecular formula is C31H54O. The highest BCUT2D eigenvalue weighted by Gasteiger charge is 2.71. The first kappa shape index (κ1) is 23.7. The van der Waals surface area contributed by atoms with Gasteiger partial charge < -0.3 is 5.11 Å². The van der Waals surface area contributed by atoms with Crippen molar-refractivity contribution >= 4 is 0 Å². The van der Waals surface area contributed by atoms with E-state index in [2.05, 4.69) is 62.3 Å². The fourth-order valence-electron chi connectivity index (χ4n) is 12.2. The molecule has 0 radical (unpaired) electrons. The number of rotatable bonds is 1. The largest absolute Gasteiger partial charge is 0.390 e. The molecule has 0 aromatic rings. The first-order chi connectivity index (χ1) is 14.6. The molecule has 0 aromatic carbocycles. The van der Waals surface area contributed by atoms with E-state index in [4.69, 9.17) is 0 Å². The van der Waals surface area contributed by atoms with Crippen LogP contribution in [0.1, 0.15) is 127 Å². The summed E-state index contributed by atoms with van der Waals surface area (Å²) in [6.07, 6.45) is 14.0. The topological polar surface area (TPSA) is 20.2 Å². The van der Waals surface area contributed by atoms with Crippen LogP contribution in [-0.2, 0) is 0 Å². The molecule has 0 aliphatic heterocycles. The summed E-state index contributed by atoms with van der Waals surface area (Å²) >= 11 is 0. The van der Waals surface area contributed by atoms with Gasteiger partial charge in [0.2, 0.25) is 0 Å². The molecule has 5 fully saturated rings. The predicted octanol–water partition coefficient (Wildman–Crippen LogP) is 8.49. The number of aliphatic hydroxyl groups is 1. The molecule has 5 rings (SSSR count). The van der Waals surface area contributed by atoms with E-state index >= 15 is 0 Å². The molecule has 0 spiro atoms. The van der Waals surface area contributed by atoms with Crippen molar-refractivity contribution in [3.8, 4) is 0 Å². The van der Waals surface area contributed by atoms with Crippen molar-refractivity contribution in [1.29, 1.82) is 0 Å². The lowest BCUT2D eigenvalue weighted by Gasteiger charge is -2.73. The van der Waals surface area contributed by atoms with Crippen LogP contribution < -0.4 is 0 Å². The molecule has 0 bridgehead atoms. The van der Waals surface area contributed by atoms with E-state index in [1.54, 1.807) is 0 Å². The Hall–Kier alpha value is -0.0400. The third-order valence-electron chi connectivity index (χ3n) is 14.4. The number of fused-ring (bicyclic) bond motifs is 7. The Bertz CT molecular complexity index is 761. The monoisotopic (exact) mass is 442 g/mol. The molecule has 32 heavy (non-hydrogen) atoms. The van der Waals surface area contributed by atoms with Crippen molar-refractivity contribution < 1.29 is 5.11 Å². The maximum atomic E-state index is 11.0. The van der Waals surface area contributed by atoms with Gasteiger partial charge in [0.1, 0.15) is 0 Å². The molecule has 0 unspecified atom stereocenters. The smallest absolute Gasteiger partial charge is 0.0622 e. The van der Waals surface area contributed by atoms with Crippen molar-refractivity contribution in [2.24, 2.45) is 62.6 Å². The average molecular weight is 443 g/mol. The minimum Gasteiger partial charge on any atom is -0.390 e. The Morgan fingerprint density at radius 3 is 1.75 bits per heavy atom. The number of hydrogen-bond donors (Lipinski definition) is 1. The first-order valence-corrected chi connectivity index (χ1v) is 14.3. The Labute approximate surface area is 199 Å². The molecule has 0 saturated heterocycles. The molecule has 0 amide bonds. The Balaban J connectivity index is 1.51. The second-order valence-corrected chi connectivity index (χ2v) is 15.8. The van der Waals surface area contributed by atoms with Crippen LogP contribution in [0.4, 0.5) is 0 Å². The highest BCUT2D eigenvalue weighted by Crippen LogP contribution is 2.78. The molecule has 184 valence electrons. The van der Waals surface area contributed by atoms with Gasteiger partial charge in [-0.3, -0.25) is 0 Å². The van der Waals surface area contributed by atoms with Crippen LogP contribution in [0.15, 0.2) is 0 Å². The van der Waals surface area contributed by atoms with Crippen molar-refractivity contribution in [3.05, 3.63) is 0 Å². The van der Waals surface area contributed by atoms with Crippen molar-refractivity contribution in [2.75, 3.05) is 0 Å². The van der Waals surface area contributed by atoms with E-state index in [0.29, 0.717) is 33.0 Å². The second-order valence-electron chi connectivity index (χ2n) is 15.8. The van der Waals surface area contributed by atoms with Gasteiger partial charge in [-0.25, -0.2) is 0 Å². The van der Waals surface area contributed by atoms with Gasteiger partial charge in [0.05, 0.1) is 5.60 Å². The molecule has 5 saturated carbocycles. The molecule has 1 nitrogen and oxygen atoms in total. The fraction of sp³-hybridized carbons (Fsp3) is 1.00. The zero-order chi connectivity index (χ0) is 23.5. The van der Waals surface area contributed by atoms with Crippen LogP contribution in [0.5, 0.6) is 0 Å². The van der Waals surface area contributed by atoms with Crippen LogP contribution in [0.25, 0.3) is 0 Å². The van der Waals surface area contributed by atoms with Crippen LogP contribution in [-0.4, -0.2) is 10.7 Å². The summed E-state index contributed by atoms with van der Waals surface area (Å²) in [5, 5.41) is 11.0. The Morgan fingerprint density at radius 1 is 0.625 bits per heavy atom. The van der Waals surface area contributed by atoms with E-state index < -0.39 is 5.60 Å². The molecule has 1 N–H and O–H groups in total. The van der Waals surface area contributed by atoms with Crippen LogP contribution in [0.2, 0.25) is 0 Å². The lowest BCUT2D eigenvalue weighted by molar-refractivity contribution is -0.247. The van der Waals surface area contributed by atoms with Crippen LogP contribution in [0.3, 0.4) is 0 Å². The third kappa shape index (κ3) is 2.73. The molecule has 0 heterocycles. The summed E-state index contributed by atoms with van der Waals surface area (Å²) in [6.45, 7) is 22.8. The zero-order valence-corrected chi connectivity index (χ0v) is 23.0. The fourth-order valence-corrected chi connectivity index (χ4v) is 12.2. The highest BCUT2D eigenvalue weighted by atomic mass is 16.3. The minimum absolute atomic E-state index is 0.434. The standard InChI is InChI=1S/C31H54O/c1-20-12-16-29(7)23(26(20,2)3)15-19-31(9)25(29)11-10-24-28(6)17-13-21(27(4,5)32)22(28)14-18-30(24,31)8/h20-25,32H,10-19H2,1-9H3/t20-,21-,22-,23+,24+,25+,28-,29-,30+,31+/m0/s1. The van der Waals surface area contributed by atoms with Gasteiger partial charge in [-0.15, -0.1) is 0 Å². The third-order valence-corrected chi connectivity index (χ3v) is 14.4. The van der Waals surface area contributed by atoms with E-state index in [1.165, 1.54) is 64.2 Å². The van der Waals surface area contributed by atoms with Gasteiger partial charge in [0.15, 0.2) is 0 Å². The van der Waals surface area contributed by atoms with Crippen LogP contribution in [0, 0.1) is 62.6 Å². The van der Waals surface area contributed by atoms with Gasteiger partial charge in [-0.05, 0) is 141 Å². The zero-order valence-electron chi connectivity index (χ0n) is 23.0. The predicted molar refractivity (Wildman–Crippen MR) is 135 cm³/mol. The van der Waals surface area contributed by atoms with Gasteiger partial charge in [-0.2, -0.15) is 0 Å². The Morgan fingerprint density at radius 2 is 1.16 bits per heavy atom. The van der Waals surface area contributed by atoms with Crippen LogP contribution >= 0.6 is 0 Å². The lowest BCUT2D eigenvalue weighted by atomic mass is 9.31. The first-order valence-electron chi connectivity index (χ1n) is 14.3. The molecule has 0 aromatic heterocycles. The van der Waals surface area contributed by atoms with Crippen molar-refractivity contribution in [2.45, 2.75) is 132 Å². The lowest BCUT2D eigenvalue weighted by Crippen LogP contribution is -2.66. The Kier molecular flexibility index (Phi) is 5.03. The summed E-state index contributed by atoms with van der Waals surface area (Å²) in [5.74, 6) is 4.73. The molecule has 1 heteroatoms. The SMILES string of the molecule is C[C@H]1CC[C@@]2(C)[C@H](CC[C@]3(C)[C@@H]2CC[C@@H]2[C@@]4(C)CC[C@H](C(C)(C)O)[C@@H]4CC[C@]23C)C1(C)C. The van der Waals surface area contributed by atoms with Crippen molar-refractivity contribution in [1.82, 2.24) is 0 Å². The quantitative estimate of drug-likeness (QED) is 0.431. The van der Waals surface area contributed by atoms with E-state index in [0.717, 1.165) is 29.6 Å². The summed E-state index contributed by atoms with van der Waals surface area (Å²) in [4.78, 5) is 0. The van der Waals surface area contributed by atoms with E-state index in [-0.39, 0.29) is 0 Å². The van der Waals surface area contributed by atoms with Crippen molar-refractivity contribution in [3.63, 3.8) is 0 Å². The summed E-state index contributed by atoms with van der Waals surface area (Å²) in [7, 11) is 0. The molecule has 10 atom stereocenters. The summed E-state index contributed by atoms with van der Waals surface area (Å²) in [5.41, 5.74) is 1.88. The molecule has 5 aliphatic carbocycles. The highest BCUT2D eigenvalue weighted by molar-refractivity contribution is 5.19. The van der Waals surface area contributed by atoms with E-state index in [9.17, 15) is 5.11 Å². The van der Waals surface area contributed by atoms with Gasteiger partial charge in [-0.1, -0.05) is 48.5 Å². The summed E-state index contributed by atoms with van der Waals surface area (Å²) < 4.78 is 0. The maximum absolute atomic E-state index is 11.0. The summed E-state index contributed by atoms with van der Waals surface area (Å²) in [6, 6.07) is 0. The second kappa shape index (κ2) is 6.79. The average Bonchev–Trinajstić information content (AvgIpc) is 3.03. The van der Waals surface area contributed by atoms with Gasteiger partial charge in [0, 0.05) is 0 Å². The van der Waals surface area contributed by atoms with E-state index in [1.807, 2.05) is 0 Å². The molecule has 5 aliphatic rings. The number of hydrogen-bond acceptors (Lipinski definition) is 1.